The van der Waals surface area contributed by atoms with E-state index < -0.39 is 0 Å². The fraction of sp³-hybridized carbons (Fsp3) is 0.480. The van der Waals surface area contributed by atoms with Crippen molar-refractivity contribution in [2.45, 2.75) is 51.4 Å². The number of aromatic nitrogens is 2. The second kappa shape index (κ2) is 8.26. The van der Waals surface area contributed by atoms with Crippen LogP contribution in [0.5, 0.6) is 5.75 Å². The summed E-state index contributed by atoms with van der Waals surface area (Å²) >= 11 is 0. The zero-order valence-electron chi connectivity index (χ0n) is 18.3. The summed E-state index contributed by atoms with van der Waals surface area (Å²) in [5.41, 5.74) is 11.2. The van der Waals surface area contributed by atoms with E-state index in [1.54, 1.807) is 0 Å². The molecule has 164 valence electrons. The Morgan fingerprint density at radius 3 is 2.74 bits per heavy atom. The SMILES string of the molecule is Cc1ccc2c(c1O)C[C@@H](C1CCN(C(C)c3nc4ccccc4[nH]3)CC1)O[C@H]2CN. The third-order valence-electron chi connectivity index (χ3n) is 7.28. The summed E-state index contributed by atoms with van der Waals surface area (Å²) in [6.45, 7) is 6.66. The minimum atomic E-state index is -0.132. The number of likely N-dealkylation sites (tertiary alicyclic amines) is 1. The number of hydrogen-bond acceptors (Lipinski definition) is 5. The molecule has 0 amide bonds. The molecule has 4 N–H and O–H groups in total. The number of imidazole rings is 1. The summed E-state index contributed by atoms with van der Waals surface area (Å²) < 4.78 is 6.44. The topological polar surface area (TPSA) is 87.4 Å². The van der Waals surface area contributed by atoms with Gasteiger partial charge in [0.1, 0.15) is 11.6 Å². The Kier molecular flexibility index (Phi) is 5.46. The van der Waals surface area contributed by atoms with Crippen LogP contribution in [0.15, 0.2) is 36.4 Å². The number of aromatic hydroxyl groups is 1. The van der Waals surface area contributed by atoms with Gasteiger partial charge in [-0.3, -0.25) is 4.90 Å². The number of para-hydroxylation sites is 2. The lowest BCUT2D eigenvalue weighted by molar-refractivity contribution is -0.0668. The van der Waals surface area contributed by atoms with E-state index in [0.29, 0.717) is 18.2 Å². The molecule has 0 bridgehead atoms. The van der Waals surface area contributed by atoms with Gasteiger partial charge in [0.2, 0.25) is 0 Å². The first-order valence-corrected chi connectivity index (χ1v) is 11.4. The van der Waals surface area contributed by atoms with E-state index in [1.165, 1.54) is 0 Å². The number of rotatable bonds is 4. The van der Waals surface area contributed by atoms with Gasteiger partial charge in [-0.05, 0) is 69.0 Å². The minimum absolute atomic E-state index is 0.109. The van der Waals surface area contributed by atoms with Crippen molar-refractivity contribution in [3.05, 3.63) is 58.9 Å². The summed E-state index contributed by atoms with van der Waals surface area (Å²) in [6, 6.07) is 12.5. The molecule has 6 nitrogen and oxygen atoms in total. The van der Waals surface area contributed by atoms with Gasteiger partial charge in [0.15, 0.2) is 0 Å². The molecular weight excluding hydrogens is 388 g/mol. The summed E-state index contributed by atoms with van der Waals surface area (Å²) in [7, 11) is 0. The van der Waals surface area contributed by atoms with E-state index in [-0.39, 0.29) is 18.2 Å². The summed E-state index contributed by atoms with van der Waals surface area (Å²) in [6.07, 6.45) is 2.90. The molecule has 2 aliphatic heterocycles. The first-order valence-electron chi connectivity index (χ1n) is 11.4. The second-order valence-electron chi connectivity index (χ2n) is 9.09. The maximum absolute atomic E-state index is 10.7. The fourth-order valence-corrected chi connectivity index (χ4v) is 5.30. The van der Waals surface area contributed by atoms with E-state index in [9.17, 15) is 5.11 Å². The summed E-state index contributed by atoms with van der Waals surface area (Å²) in [4.78, 5) is 10.8. The van der Waals surface area contributed by atoms with Gasteiger partial charge in [-0.1, -0.05) is 24.3 Å². The van der Waals surface area contributed by atoms with Crippen molar-refractivity contribution in [1.82, 2.24) is 14.9 Å². The van der Waals surface area contributed by atoms with Gasteiger partial charge < -0.3 is 20.6 Å². The number of H-pyrrole nitrogens is 1. The second-order valence-corrected chi connectivity index (χ2v) is 9.09. The number of nitrogens with zero attached hydrogens (tertiary/aromatic N) is 2. The largest absolute Gasteiger partial charge is 0.507 e. The number of fused-ring (bicyclic) bond motifs is 2. The summed E-state index contributed by atoms with van der Waals surface area (Å²) in [5.74, 6) is 1.92. The molecule has 3 aromatic rings. The van der Waals surface area contributed by atoms with E-state index in [4.69, 9.17) is 15.5 Å². The molecule has 3 heterocycles. The van der Waals surface area contributed by atoms with Crippen molar-refractivity contribution in [3.63, 3.8) is 0 Å². The van der Waals surface area contributed by atoms with Gasteiger partial charge in [-0.2, -0.15) is 0 Å². The Morgan fingerprint density at radius 2 is 2.00 bits per heavy atom. The molecule has 2 aromatic carbocycles. The number of nitrogens with two attached hydrogens (primary N) is 1. The number of hydrogen-bond donors (Lipinski definition) is 3. The average Bonchev–Trinajstić information content (AvgIpc) is 3.25. The van der Waals surface area contributed by atoms with Crippen LogP contribution in [0.25, 0.3) is 11.0 Å². The van der Waals surface area contributed by atoms with E-state index in [2.05, 4.69) is 35.0 Å². The van der Waals surface area contributed by atoms with Crippen molar-refractivity contribution in [2.75, 3.05) is 19.6 Å². The van der Waals surface area contributed by atoms with Gasteiger partial charge in [-0.25, -0.2) is 4.98 Å². The maximum Gasteiger partial charge on any atom is 0.124 e. The molecule has 2 aliphatic rings. The molecule has 3 atom stereocenters. The molecule has 0 radical (unpaired) electrons. The van der Waals surface area contributed by atoms with Gasteiger partial charge in [0.25, 0.3) is 0 Å². The van der Waals surface area contributed by atoms with Crippen LogP contribution in [0, 0.1) is 12.8 Å². The Morgan fingerprint density at radius 1 is 1.23 bits per heavy atom. The molecule has 5 rings (SSSR count). The lowest BCUT2D eigenvalue weighted by atomic mass is 9.82. The van der Waals surface area contributed by atoms with Crippen LogP contribution in [0.4, 0.5) is 0 Å². The lowest BCUT2D eigenvalue weighted by Gasteiger charge is -2.41. The first-order chi connectivity index (χ1) is 15.0. The number of aromatic amines is 1. The van der Waals surface area contributed by atoms with Crippen LogP contribution < -0.4 is 5.73 Å². The van der Waals surface area contributed by atoms with E-state index in [1.807, 2.05) is 25.1 Å². The third kappa shape index (κ3) is 3.73. The average molecular weight is 421 g/mol. The van der Waals surface area contributed by atoms with Crippen LogP contribution in [0.2, 0.25) is 0 Å². The van der Waals surface area contributed by atoms with Crippen molar-refractivity contribution in [1.29, 1.82) is 0 Å². The van der Waals surface area contributed by atoms with Gasteiger partial charge in [-0.15, -0.1) is 0 Å². The highest BCUT2D eigenvalue weighted by Crippen LogP contribution is 2.40. The molecule has 0 aliphatic carbocycles. The zero-order valence-corrected chi connectivity index (χ0v) is 18.3. The standard InChI is InChI=1S/C25H32N4O2/c1-15-7-8-18-19(24(15)30)13-22(31-23(18)14-26)17-9-11-29(12-10-17)16(2)25-27-20-5-3-4-6-21(20)28-25/h3-8,16-17,22-23,30H,9-14,26H2,1-2H3,(H,27,28)/t16?,22-,23-/m0/s1. The zero-order chi connectivity index (χ0) is 21.5. The van der Waals surface area contributed by atoms with Crippen LogP contribution in [0.3, 0.4) is 0 Å². The van der Waals surface area contributed by atoms with Crippen LogP contribution in [-0.4, -0.2) is 45.7 Å². The Bertz CT molecular complexity index is 1040. The Hall–Kier alpha value is -2.41. The highest BCUT2D eigenvalue weighted by atomic mass is 16.5. The highest BCUT2D eigenvalue weighted by Gasteiger charge is 2.36. The Balaban J connectivity index is 1.27. The molecule has 0 spiro atoms. The molecule has 1 fully saturated rings. The van der Waals surface area contributed by atoms with Gasteiger partial charge in [0, 0.05) is 18.5 Å². The number of aryl methyl sites for hydroxylation is 1. The van der Waals surface area contributed by atoms with E-state index in [0.717, 1.165) is 65.9 Å². The highest BCUT2D eigenvalue weighted by molar-refractivity contribution is 5.74. The first kappa shape index (κ1) is 20.5. The predicted octanol–water partition coefficient (Wildman–Crippen LogP) is 3.99. The van der Waals surface area contributed by atoms with Crippen LogP contribution >= 0.6 is 0 Å². The number of nitrogens with one attached hydrogen (secondary N) is 1. The molecule has 6 heteroatoms. The van der Waals surface area contributed by atoms with Crippen molar-refractivity contribution in [2.24, 2.45) is 11.7 Å². The number of phenolic OH excluding ortho intramolecular Hbond substituents is 1. The van der Waals surface area contributed by atoms with Crippen LogP contribution in [0.1, 0.15) is 54.4 Å². The minimum Gasteiger partial charge on any atom is -0.507 e. The van der Waals surface area contributed by atoms with Crippen molar-refractivity contribution in [3.8, 4) is 5.75 Å². The molecule has 31 heavy (non-hydrogen) atoms. The molecule has 1 aromatic heterocycles. The third-order valence-corrected chi connectivity index (χ3v) is 7.28. The normalized spacial score (nSPS) is 23.7. The van der Waals surface area contributed by atoms with Crippen LogP contribution in [-0.2, 0) is 11.2 Å². The van der Waals surface area contributed by atoms with Gasteiger partial charge >= 0.3 is 0 Å². The summed E-state index contributed by atoms with van der Waals surface area (Å²) in [5, 5.41) is 10.7. The number of benzene rings is 2. The number of phenols is 1. The molecule has 0 saturated carbocycles. The number of ether oxygens (including phenoxy) is 1. The predicted molar refractivity (Wildman–Crippen MR) is 122 cm³/mol. The molecular formula is C25H32N4O2. The molecule has 1 unspecified atom stereocenters. The van der Waals surface area contributed by atoms with E-state index >= 15 is 0 Å². The fourth-order valence-electron chi connectivity index (χ4n) is 5.30. The Labute approximate surface area is 183 Å². The molecule has 1 saturated heterocycles. The monoisotopic (exact) mass is 420 g/mol. The quantitative estimate of drug-likeness (QED) is 0.594. The van der Waals surface area contributed by atoms with Crippen molar-refractivity contribution >= 4 is 11.0 Å². The smallest absolute Gasteiger partial charge is 0.124 e. The lowest BCUT2D eigenvalue weighted by Crippen LogP contribution is -2.43. The van der Waals surface area contributed by atoms with Gasteiger partial charge in [0.05, 0.1) is 29.3 Å². The maximum atomic E-state index is 10.7. The van der Waals surface area contributed by atoms with Crippen molar-refractivity contribution < 1.29 is 9.84 Å². The number of piperidine rings is 1.